The van der Waals surface area contributed by atoms with Gasteiger partial charge in [0, 0.05) is 12.1 Å². The van der Waals surface area contributed by atoms with Gasteiger partial charge in [-0.05, 0) is 45.4 Å². The van der Waals surface area contributed by atoms with E-state index in [1.54, 1.807) is 0 Å². The van der Waals surface area contributed by atoms with Crippen LogP contribution in [-0.4, -0.2) is 18.3 Å². The van der Waals surface area contributed by atoms with Crippen molar-refractivity contribution in [3.63, 3.8) is 0 Å². The lowest BCUT2D eigenvalue weighted by Crippen LogP contribution is -2.42. The van der Waals surface area contributed by atoms with Gasteiger partial charge in [0.05, 0.1) is 0 Å². The summed E-state index contributed by atoms with van der Waals surface area (Å²) in [5, 5.41) is 3.26. The maximum atomic E-state index is 13.9. The molecule has 0 radical (unpaired) electrons. The summed E-state index contributed by atoms with van der Waals surface area (Å²) in [7, 11) is 0. The van der Waals surface area contributed by atoms with E-state index in [4.69, 9.17) is 0 Å². The first kappa shape index (κ1) is 13.0. The Balaban J connectivity index is 2.25. The minimum Gasteiger partial charge on any atom is -0.309 e. The Labute approximate surface area is 93.8 Å². The van der Waals surface area contributed by atoms with E-state index in [1.165, 1.54) is 12.8 Å². The van der Waals surface area contributed by atoms with Crippen LogP contribution in [0.2, 0.25) is 0 Å². The Bertz CT molecular complexity index is 177. The number of halogens is 1. The van der Waals surface area contributed by atoms with Gasteiger partial charge in [0.2, 0.25) is 0 Å². The van der Waals surface area contributed by atoms with Crippen molar-refractivity contribution in [3.8, 4) is 0 Å². The molecule has 90 valence electrons. The number of hydrogen-bond acceptors (Lipinski definition) is 1. The second kappa shape index (κ2) is 5.29. The van der Waals surface area contributed by atoms with Crippen molar-refractivity contribution in [1.29, 1.82) is 0 Å². The molecule has 1 fully saturated rings. The monoisotopic (exact) mass is 215 g/mol. The fraction of sp³-hybridized carbons (Fsp3) is 1.00. The molecule has 0 aliphatic heterocycles. The molecule has 1 atom stereocenters. The Morgan fingerprint density at radius 1 is 1.20 bits per heavy atom. The van der Waals surface area contributed by atoms with E-state index in [0.29, 0.717) is 12.5 Å². The van der Waals surface area contributed by atoms with Crippen LogP contribution in [0.25, 0.3) is 0 Å². The Morgan fingerprint density at radius 3 is 2.20 bits per heavy atom. The second-order valence-corrected chi connectivity index (χ2v) is 6.17. The predicted molar refractivity (Wildman–Crippen MR) is 63.8 cm³/mol. The van der Waals surface area contributed by atoms with Crippen LogP contribution in [-0.2, 0) is 0 Å². The maximum Gasteiger partial charge on any atom is 0.115 e. The Morgan fingerprint density at radius 2 is 1.73 bits per heavy atom. The van der Waals surface area contributed by atoms with Gasteiger partial charge in [0.25, 0.3) is 0 Å². The summed E-state index contributed by atoms with van der Waals surface area (Å²) in [6.45, 7) is 9.05. The first-order chi connectivity index (χ1) is 6.88. The smallest absolute Gasteiger partial charge is 0.115 e. The van der Waals surface area contributed by atoms with Crippen LogP contribution in [0.4, 0.5) is 4.39 Å². The summed E-state index contributed by atoms with van der Waals surface area (Å²) in [5.74, 6) is 1.11. The van der Waals surface area contributed by atoms with Crippen molar-refractivity contribution in [2.24, 2.45) is 11.8 Å². The fourth-order valence-electron chi connectivity index (χ4n) is 2.22. The molecule has 0 aromatic rings. The molecular weight excluding hydrogens is 189 g/mol. The SMILES string of the molecule is CC1CCC(C(F)CNC(C)(C)C)CC1. The molecule has 2 heteroatoms. The van der Waals surface area contributed by atoms with Crippen molar-refractivity contribution >= 4 is 0 Å². The molecule has 0 spiro atoms. The lowest BCUT2D eigenvalue weighted by Gasteiger charge is -2.30. The zero-order valence-corrected chi connectivity index (χ0v) is 10.6. The van der Waals surface area contributed by atoms with Gasteiger partial charge >= 0.3 is 0 Å². The number of alkyl halides is 1. The van der Waals surface area contributed by atoms with Crippen molar-refractivity contribution in [2.75, 3.05) is 6.54 Å². The molecule has 1 saturated carbocycles. The van der Waals surface area contributed by atoms with Crippen LogP contribution in [0.5, 0.6) is 0 Å². The van der Waals surface area contributed by atoms with Crippen LogP contribution < -0.4 is 5.32 Å². The topological polar surface area (TPSA) is 12.0 Å². The minimum atomic E-state index is -0.656. The quantitative estimate of drug-likeness (QED) is 0.759. The molecule has 1 nitrogen and oxygen atoms in total. The van der Waals surface area contributed by atoms with Gasteiger partial charge in [-0.2, -0.15) is 0 Å². The summed E-state index contributed by atoms with van der Waals surface area (Å²) in [6, 6.07) is 0. The van der Waals surface area contributed by atoms with Crippen molar-refractivity contribution in [2.45, 2.75) is 65.1 Å². The average molecular weight is 215 g/mol. The summed E-state index contributed by atoms with van der Waals surface area (Å²) in [5.41, 5.74) is 0.0340. The molecule has 1 aliphatic rings. The summed E-state index contributed by atoms with van der Waals surface area (Å²) in [6.07, 6.45) is 3.92. The standard InChI is InChI=1S/C13H26FN/c1-10-5-7-11(8-6-10)12(14)9-15-13(2,3)4/h10-12,15H,5-9H2,1-4H3. The minimum absolute atomic E-state index is 0.0340. The third kappa shape index (κ3) is 4.96. The van der Waals surface area contributed by atoms with Gasteiger partial charge in [0.15, 0.2) is 0 Å². The van der Waals surface area contributed by atoms with Crippen LogP contribution in [0.15, 0.2) is 0 Å². The van der Waals surface area contributed by atoms with Crippen molar-refractivity contribution in [1.82, 2.24) is 5.32 Å². The zero-order chi connectivity index (χ0) is 11.5. The fourth-order valence-corrected chi connectivity index (χ4v) is 2.22. The molecule has 1 N–H and O–H groups in total. The van der Waals surface area contributed by atoms with Gasteiger partial charge in [-0.1, -0.05) is 19.8 Å². The summed E-state index contributed by atoms with van der Waals surface area (Å²) in [4.78, 5) is 0. The van der Waals surface area contributed by atoms with Gasteiger partial charge in [-0.3, -0.25) is 0 Å². The maximum absolute atomic E-state index is 13.9. The van der Waals surface area contributed by atoms with Crippen LogP contribution in [0.3, 0.4) is 0 Å². The highest BCUT2D eigenvalue weighted by Gasteiger charge is 2.26. The molecule has 15 heavy (non-hydrogen) atoms. The van der Waals surface area contributed by atoms with E-state index in [2.05, 4.69) is 33.0 Å². The van der Waals surface area contributed by atoms with E-state index in [0.717, 1.165) is 18.8 Å². The van der Waals surface area contributed by atoms with Crippen molar-refractivity contribution in [3.05, 3.63) is 0 Å². The Hall–Kier alpha value is -0.110. The van der Waals surface area contributed by atoms with E-state index in [-0.39, 0.29) is 5.54 Å². The normalized spacial score (nSPS) is 30.2. The van der Waals surface area contributed by atoms with Crippen molar-refractivity contribution < 1.29 is 4.39 Å². The third-order valence-electron chi connectivity index (χ3n) is 3.40. The predicted octanol–water partition coefficient (Wildman–Crippen LogP) is 3.54. The van der Waals surface area contributed by atoms with Gasteiger partial charge in [-0.25, -0.2) is 4.39 Å². The molecule has 0 aromatic heterocycles. The van der Waals surface area contributed by atoms with Crippen LogP contribution >= 0.6 is 0 Å². The molecule has 0 amide bonds. The lowest BCUT2D eigenvalue weighted by molar-refractivity contribution is 0.150. The molecule has 0 bridgehead atoms. The third-order valence-corrected chi connectivity index (χ3v) is 3.40. The van der Waals surface area contributed by atoms with E-state index >= 15 is 0 Å². The lowest BCUT2D eigenvalue weighted by atomic mass is 9.80. The molecular formula is C13H26FN. The zero-order valence-electron chi connectivity index (χ0n) is 10.6. The molecule has 0 aromatic carbocycles. The highest BCUT2D eigenvalue weighted by molar-refractivity contribution is 4.80. The van der Waals surface area contributed by atoms with Gasteiger partial charge < -0.3 is 5.32 Å². The van der Waals surface area contributed by atoms with Crippen LogP contribution in [0, 0.1) is 11.8 Å². The summed E-state index contributed by atoms with van der Waals surface area (Å²) < 4.78 is 13.9. The Kier molecular flexibility index (Phi) is 4.57. The van der Waals surface area contributed by atoms with E-state index < -0.39 is 6.17 Å². The first-order valence-corrected chi connectivity index (χ1v) is 6.27. The first-order valence-electron chi connectivity index (χ1n) is 6.27. The largest absolute Gasteiger partial charge is 0.309 e. The number of hydrogen-bond donors (Lipinski definition) is 1. The molecule has 1 unspecified atom stereocenters. The number of nitrogens with one attached hydrogen (secondary N) is 1. The highest BCUT2D eigenvalue weighted by Crippen LogP contribution is 2.31. The highest BCUT2D eigenvalue weighted by atomic mass is 19.1. The molecule has 0 heterocycles. The van der Waals surface area contributed by atoms with Crippen LogP contribution in [0.1, 0.15) is 53.4 Å². The average Bonchev–Trinajstić information content (AvgIpc) is 2.14. The van der Waals surface area contributed by atoms with E-state index in [9.17, 15) is 4.39 Å². The van der Waals surface area contributed by atoms with E-state index in [1.807, 2.05) is 0 Å². The number of rotatable bonds is 3. The molecule has 0 saturated heterocycles. The second-order valence-electron chi connectivity index (χ2n) is 6.17. The summed E-state index contributed by atoms with van der Waals surface area (Å²) >= 11 is 0. The molecule has 1 aliphatic carbocycles. The van der Waals surface area contributed by atoms with Gasteiger partial charge in [-0.15, -0.1) is 0 Å². The van der Waals surface area contributed by atoms with Gasteiger partial charge in [0.1, 0.15) is 6.17 Å². The molecule has 1 rings (SSSR count).